The van der Waals surface area contributed by atoms with E-state index in [9.17, 15) is 20.1 Å². The van der Waals surface area contributed by atoms with Crippen LogP contribution in [0.1, 0.15) is 48.5 Å². The molecular formula is C23H24O4. The van der Waals surface area contributed by atoms with Crippen molar-refractivity contribution in [1.29, 1.82) is 0 Å². The molecule has 3 N–H and O–H groups in total. The quantitative estimate of drug-likeness (QED) is 0.628. The summed E-state index contributed by atoms with van der Waals surface area (Å²) >= 11 is 0. The van der Waals surface area contributed by atoms with Crippen LogP contribution in [0.3, 0.4) is 0 Å². The van der Waals surface area contributed by atoms with E-state index >= 15 is 0 Å². The fourth-order valence-electron chi connectivity index (χ4n) is 3.95. The molecule has 0 amide bonds. The first-order valence-corrected chi connectivity index (χ1v) is 9.01. The number of rotatable bonds is 4. The van der Waals surface area contributed by atoms with Crippen molar-refractivity contribution in [1.82, 2.24) is 0 Å². The molecule has 2 atom stereocenters. The molecule has 0 fully saturated rings. The Morgan fingerprint density at radius 1 is 1.15 bits per heavy atom. The Kier molecular flexibility index (Phi) is 5.08. The number of aromatic carboxylic acids is 1. The van der Waals surface area contributed by atoms with Crippen LogP contribution in [0.2, 0.25) is 0 Å². The lowest BCUT2D eigenvalue weighted by molar-refractivity contribution is 0.0697. The standard InChI is InChI=1S/C23H24O4/c1-13(2)16-9-8-14(3)10-19(16)22-20(24)11-15(12-21(22)25)17-6-4-5-7-18(17)23(26)27/h4-7,10-12,16,19,24-25H,1,8-9H2,2-3H3,(H,26,27)/t16-,19+/m0/s1. The fourth-order valence-corrected chi connectivity index (χ4v) is 3.95. The summed E-state index contributed by atoms with van der Waals surface area (Å²) in [4.78, 5) is 11.5. The van der Waals surface area contributed by atoms with Crippen LogP contribution in [0.4, 0.5) is 0 Å². The van der Waals surface area contributed by atoms with Crippen molar-refractivity contribution in [3.05, 3.63) is 71.3 Å². The average molecular weight is 364 g/mol. The highest BCUT2D eigenvalue weighted by atomic mass is 16.4. The number of allylic oxidation sites excluding steroid dienone is 3. The first kappa shape index (κ1) is 18.8. The molecule has 0 spiro atoms. The lowest BCUT2D eigenvalue weighted by Gasteiger charge is -2.31. The predicted octanol–water partition coefficient (Wildman–Crippen LogP) is 5.48. The van der Waals surface area contributed by atoms with Gasteiger partial charge in [-0.05, 0) is 61.9 Å². The van der Waals surface area contributed by atoms with Crippen molar-refractivity contribution in [3.8, 4) is 22.6 Å². The van der Waals surface area contributed by atoms with Crippen LogP contribution in [0.25, 0.3) is 11.1 Å². The Labute approximate surface area is 159 Å². The Bertz CT molecular complexity index is 916. The van der Waals surface area contributed by atoms with E-state index in [4.69, 9.17) is 0 Å². The predicted molar refractivity (Wildman–Crippen MR) is 106 cm³/mol. The number of hydrogen-bond acceptors (Lipinski definition) is 3. The molecule has 4 heteroatoms. The van der Waals surface area contributed by atoms with E-state index in [1.807, 2.05) is 13.8 Å². The average Bonchev–Trinajstić information content (AvgIpc) is 2.61. The summed E-state index contributed by atoms with van der Waals surface area (Å²) < 4.78 is 0. The molecule has 0 saturated heterocycles. The van der Waals surface area contributed by atoms with E-state index in [0.29, 0.717) is 16.7 Å². The molecule has 140 valence electrons. The number of carboxylic acid groups (broad SMARTS) is 1. The molecule has 27 heavy (non-hydrogen) atoms. The van der Waals surface area contributed by atoms with Crippen molar-refractivity contribution < 1.29 is 20.1 Å². The van der Waals surface area contributed by atoms with E-state index in [1.54, 1.807) is 18.2 Å². The maximum absolute atomic E-state index is 11.5. The second kappa shape index (κ2) is 7.31. The number of hydrogen-bond donors (Lipinski definition) is 3. The Balaban J connectivity index is 2.13. The van der Waals surface area contributed by atoms with Crippen LogP contribution >= 0.6 is 0 Å². The molecule has 0 unspecified atom stereocenters. The van der Waals surface area contributed by atoms with Gasteiger partial charge in [-0.15, -0.1) is 0 Å². The van der Waals surface area contributed by atoms with Crippen molar-refractivity contribution in [3.63, 3.8) is 0 Å². The van der Waals surface area contributed by atoms with Crippen molar-refractivity contribution in [2.45, 2.75) is 32.6 Å². The molecule has 0 aromatic heterocycles. The second-order valence-electron chi connectivity index (χ2n) is 7.31. The summed E-state index contributed by atoms with van der Waals surface area (Å²) in [7, 11) is 0. The molecule has 1 aliphatic carbocycles. The molecule has 0 radical (unpaired) electrons. The third-order valence-corrected chi connectivity index (χ3v) is 5.32. The Morgan fingerprint density at radius 3 is 2.37 bits per heavy atom. The van der Waals surface area contributed by atoms with Gasteiger partial charge in [-0.25, -0.2) is 4.79 Å². The highest BCUT2D eigenvalue weighted by molar-refractivity contribution is 5.96. The van der Waals surface area contributed by atoms with Gasteiger partial charge >= 0.3 is 5.97 Å². The molecule has 0 bridgehead atoms. The fraction of sp³-hybridized carbons (Fsp3) is 0.261. The minimum absolute atomic E-state index is 0.0348. The number of phenolic OH excluding ortho intramolecular Hbond substituents is 2. The third-order valence-electron chi connectivity index (χ3n) is 5.32. The van der Waals surface area contributed by atoms with Crippen molar-refractivity contribution >= 4 is 5.97 Å². The van der Waals surface area contributed by atoms with Gasteiger partial charge in [0.1, 0.15) is 11.5 Å². The number of aromatic hydroxyl groups is 2. The number of carboxylic acids is 1. The number of carbonyl (C=O) groups is 1. The lowest BCUT2D eigenvalue weighted by atomic mass is 9.73. The van der Waals surface area contributed by atoms with Gasteiger partial charge in [-0.3, -0.25) is 0 Å². The molecule has 0 heterocycles. The third kappa shape index (κ3) is 3.61. The molecule has 0 aliphatic heterocycles. The number of phenols is 2. The zero-order valence-corrected chi connectivity index (χ0v) is 15.6. The summed E-state index contributed by atoms with van der Waals surface area (Å²) in [6, 6.07) is 9.61. The van der Waals surface area contributed by atoms with Gasteiger partial charge in [-0.1, -0.05) is 42.0 Å². The van der Waals surface area contributed by atoms with Gasteiger partial charge in [0.15, 0.2) is 0 Å². The van der Waals surface area contributed by atoms with Gasteiger partial charge < -0.3 is 15.3 Å². The van der Waals surface area contributed by atoms with E-state index in [2.05, 4.69) is 12.7 Å². The molecule has 2 aromatic carbocycles. The first-order chi connectivity index (χ1) is 12.8. The SMILES string of the molecule is C=C(C)[C@@H]1CCC(C)=C[C@H]1c1c(O)cc(-c2ccccc2C(=O)O)cc1O. The van der Waals surface area contributed by atoms with Crippen LogP contribution in [0.15, 0.2) is 60.2 Å². The van der Waals surface area contributed by atoms with Crippen LogP contribution < -0.4 is 0 Å². The van der Waals surface area contributed by atoms with E-state index in [1.165, 1.54) is 23.8 Å². The lowest BCUT2D eigenvalue weighted by Crippen LogP contribution is -2.17. The van der Waals surface area contributed by atoms with Gasteiger partial charge in [0, 0.05) is 11.5 Å². The zero-order valence-electron chi connectivity index (χ0n) is 15.6. The van der Waals surface area contributed by atoms with Gasteiger partial charge in [0.2, 0.25) is 0 Å². The van der Waals surface area contributed by atoms with Crippen molar-refractivity contribution in [2.24, 2.45) is 5.92 Å². The minimum atomic E-state index is -1.05. The van der Waals surface area contributed by atoms with Gasteiger partial charge in [0.25, 0.3) is 0 Å². The maximum atomic E-state index is 11.5. The van der Waals surface area contributed by atoms with Gasteiger partial charge in [-0.2, -0.15) is 0 Å². The van der Waals surface area contributed by atoms with Crippen molar-refractivity contribution in [2.75, 3.05) is 0 Å². The molecule has 2 aromatic rings. The first-order valence-electron chi connectivity index (χ1n) is 9.01. The molecule has 0 saturated carbocycles. The minimum Gasteiger partial charge on any atom is -0.507 e. The van der Waals surface area contributed by atoms with E-state index in [-0.39, 0.29) is 28.9 Å². The van der Waals surface area contributed by atoms with Gasteiger partial charge in [0.05, 0.1) is 5.56 Å². The second-order valence-corrected chi connectivity index (χ2v) is 7.31. The van der Waals surface area contributed by atoms with E-state index < -0.39 is 5.97 Å². The highest BCUT2D eigenvalue weighted by Gasteiger charge is 2.30. The molecule has 4 nitrogen and oxygen atoms in total. The Hall–Kier alpha value is -3.01. The zero-order chi connectivity index (χ0) is 19.7. The summed E-state index contributed by atoms with van der Waals surface area (Å²) in [5.41, 5.74) is 3.75. The van der Waals surface area contributed by atoms with Crippen LogP contribution in [-0.2, 0) is 0 Å². The summed E-state index contributed by atoms with van der Waals surface area (Å²) in [5.74, 6) is -1.13. The Morgan fingerprint density at radius 2 is 1.78 bits per heavy atom. The summed E-state index contributed by atoms with van der Waals surface area (Å²) in [6.07, 6.45) is 3.98. The van der Waals surface area contributed by atoms with Crippen LogP contribution in [0, 0.1) is 5.92 Å². The maximum Gasteiger partial charge on any atom is 0.336 e. The highest BCUT2D eigenvalue weighted by Crippen LogP contribution is 2.47. The van der Waals surface area contributed by atoms with Crippen LogP contribution in [-0.4, -0.2) is 21.3 Å². The topological polar surface area (TPSA) is 77.8 Å². The molecule has 1 aliphatic rings. The normalized spacial score (nSPS) is 19.4. The largest absolute Gasteiger partial charge is 0.507 e. The molecule has 3 rings (SSSR count). The summed E-state index contributed by atoms with van der Waals surface area (Å²) in [6.45, 7) is 8.10. The monoisotopic (exact) mass is 364 g/mol. The van der Waals surface area contributed by atoms with Crippen LogP contribution in [0.5, 0.6) is 11.5 Å². The number of benzene rings is 2. The summed E-state index contributed by atoms with van der Waals surface area (Å²) in [5, 5.41) is 30.9. The van der Waals surface area contributed by atoms with E-state index in [0.717, 1.165) is 18.4 Å². The molecular weight excluding hydrogens is 340 g/mol. The smallest absolute Gasteiger partial charge is 0.336 e.